The number of likely N-dealkylation sites (tertiary alicyclic amines) is 1. The van der Waals surface area contributed by atoms with E-state index in [4.69, 9.17) is 0 Å². The van der Waals surface area contributed by atoms with Gasteiger partial charge < -0.3 is 15.1 Å². The summed E-state index contributed by atoms with van der Waals surface area (Å²) in [6.07, 6.45) is 20.1. The quantitative estimate of drug-likeness (QED) is 0.449. The van der Waals surface area contributed by atoms with Gasteiger partial charge in [-0.2, -0.15) is 0 Å². The minimum atomic E-state index is -0.343. The number of aliphatic hydroxyl groups excluding tert-OH is 2. The molecule has 0 bridgehead atoms. The lowest BCUT2D eigenvalue weighted by atomic mass is 9.88. The van der Waals surface area contributed by atoms with E-state index in [1.54, 1.807) is 0 Å². The molecule has 1 saturated heterocycles. The molecule has 0 radical (unpaired) electrons. The fraction of sp³-hybridized carbons (Fsp3) is 0.808. The zero-order valence-electron chi connectivity index (χ0n) is 18.6. The van der Waals surface area contributed by atoms with Gasteiger partial charge in [0.1, 0.15) is 0 Å². The summed E-state index contributed by atoms with van der Waals surface area (Å²) in [5, 5.41) is 21.0. The SMILES string of the molecule is O=C(CCCCC1=C[C@H]2C[C@@H](O)[C@H](/C=C/[C@@H](O)C3CCCC3)[C@H]2C1)N1CCCCC1. The van der Waals surface area contributed by atoms with E-state index in [2.05, 4.69) is 17.1 Å². The molecule has 0 aromatic rings. The third kappa shape index (κ3) is 5.37. The van der Waals surface area contributed by atoms with Crippen LogP contribution in [0.1, 0.15) is 83.5 Å². The van der Waals surface area contributed by atoms with Crippen molar-refractivity contribution in [2.24, 2.45) is 23.7 Å². The number of allylic oxidation sites excluding steroid dienone is 2. The van der Waals surface area contributed by atoms with Crippen molar-refractivity contribution in [2.75, 3.05) is 13.1 Å². The maximum Gasteiger partial charge on any atom is 0.222 e. The molecule has 30 heavy (non-hydrogen) atoms. The van der Waals surface area contributed by atoms with Gasteiger partial charge in [0.15, 0.2) is 0 Å². The van der Waals surface area contributed by atoms with E-state index in [1.165, 1.54) is 37.7 Å². The van der Waals surface area contributed by atoms with Crippen LogP contribution in [0, 0.1) is 23.7 Å². The highest BCUT2D eigenvalue weighted by molar-refractivity contribution is 5.76. The first-order valence-electron chi connectivity index (χ1n) is 12.6. The molecule has 0 aromatic carbocycles. The number of hydrogen-bond acceptors (Lipinski definition) is 3. The zero-order chi connectivity index (χ0) is 20.9. The van der Waals surface area contributed by atoms with E-state index in [-0.39, 0.29) is 18.1 Å². The Labute approximate surface area is 182 Å². The second-order valence-electron chi connectivity index (χ2n) is 10.3. The number of carbonyl (C=O) groups is 1. The standard InChI is InChI=1S/C26H41NO3/c28-24(20-9-3-4-10-20)13-12-22-23-17-19(16-21(23)18-25(22)29)8-2-5-11-26(30)27-14-6-1-7-15-27/h12-13,16,20-25,28-29H,1-11,14-15,17-18H2/b13-12+/t21-,22+,23-,24+,25+/m0/s1. The summed E-state index contributed by atoms with van der Waals surface area (Å²) in [5.41, 5.74) is 1.53. The van der Waals surface area contributed by atoms with Gasteiger partial charge in [0.05, 0.1) is 12.2 Å². The fourth-order valence-corrected chi connectivity index (χ4v) is 6.42. The Balaban J connectivity index is 1.19. The summed E-state index contributed by atoms with van der Waals surface area (Å²) in [7, 11) is 0. The Morgan fingerprint density at radius 2 is 1.90 bits per heavy atom. The van der Waals surface area contributed by atoms with Crippen molar-refractivity contribution in [3.8, 4) is 0 Å². The molecule has 2 N–H and O–H groups in total. The molecule has 0 aromatic heterocycles. The average Bonchev–Trinajstić information content (AvgIpc) is 3.47. The van der Waals surface area contributed by atoms with Crippen molar-refractivity contribution in [3.05, 3.63) is 23.8 Å². The van der Waals surface area contributed by atoms with Gasteiger partial charge in [-0.05, 0) is 82.0 Å². The predicted octanol–water partition coefficient (Wildman–Crippen LogP) is 4.61. The molecular formula is C26H41NO3. The van der Waals surface area contributed by atoms with Gasteiger partial charge in [-0.1, -0.05) is 36.6 Å². The predicted molar refractivity (Wildman–Crippen MR) is 120 cm³/mol. The molecular weight excluding hydrogens is 374 g/mol. The first kappa shape index (κ1) is 22.1. The first-order valence-corrected chi connectivity index (χ1v) is 12.6. The number of unbranched alkanes of at least 4 members (excludes halogenated alkanes) is 1. The van der Waals surface area contributed by atoms with Crippen LogP contribution in [0.5, 0.6) is 0 Å². The lowest BCUT2D eigenvalue weighted by Gasteiger charge is -2.26. The number of carbonyl (C=O) groups excluding carboxylic acids is 1. The molecule has 0 spiro atoms. The number of piperidine rings is 1. The summed E-state index contributed by atoms with van der Waals surface area (Å²) < 4.78 is 0. The fourth-order valence-electron chi connectivity index (χ4n) is 6.42. The Bertz CT molecular complexity index is 630. The Hall–Kier alpha value is -1.13. The molecule has 4 nitrogen and oxygen atoms in total. The number of fused-ring (bicyclic) bond motifs is 1. The smallest absolute Gasteiger partial charge is 0.222 e. The molecule has 2 saturated carbocycles. The van der Waals surface area contributed by atoms with Crippen LogP contribution in [0.2, 0.25) is 0 Å². The van der Waals surface area contributed by atoms with Crippen LogP contribution >= 0.6 is 0 Å². The van der Waals surface area contributed by atoms with Crippen LogP contribution in [0.3, 0.4) is 0 Å². The van der Waals surface area contributed by atoms with Crippen LogP contribution in [0.25, 0.3) is 0 Å². The molecule has 1 amide bonds. The normalized spacial score (nSPS) is 33.3. The average molecular weight is 416 g/mol. The first-order chi connectivity index (χ1) is 14.6. The monoisotopic (exact) mass is 415 g/mol. The summed E-state index contributed by atoms with van der Waals surface area (Å²) in [5.74, 6) is 1.93. The number of hydrogen-bond donors (Lipinski definition) is 2. The minimum absolute atomic E-state index is 0.181. The maximum absolute atomic E-state index is 12.3. The molecule has 4 heteroatoms. The summed E-state index contributed by atoms with van der Waals surface area (Å²) >= 11 is 0. The van der Waals surface area contributed by atoms with Crippen molar-refractivity contribution in [3.63, 3.8) is 0 Å². The Morgan fingerprint density at radius 1 is 1.13 bits per heavy atom. The largest absolute Gasteiger partial charge is 0.392 e. The van der Waals surface area contributed by atoms with E-state index in [0.29, 0.717) is 30.1 Å². The van der Waals surface area contributed by atoms with Gasteiger partial charge in [0.25, 0.3) is 0 Å². The molecule has 4 aliphatic rings. The van der Waals surface area contributed by atoms with E-state index in [1.807, 2.05) is 6.08 Å². The Kier molecular flexibility index (Phi) is 7.69. The highest BCUT2D eigenvalue weighted by Crippen LogP contribution is 2.48. The Morgan fingerprint density at radius 3 is 2.67 bits per heavy atom. The van der Waals surface area contributed by atoms with Gasteiger partial charge in [0.2, 0.25) is 5.91 Å². The van der Waals surface area contributed by atoms with Crippen LogP contribution in [0.15, 0.2) is 23.8 Å². The van der Waals surface area contributed by atoms with E-state index in [0.717, 1.165) is 58.0 Å². The highest BCUT2D eigenvalue weighted by Gasteiger charge is 2.43. The van der Waals surface area contributed by atoms with Crippen molar-refractivity contribution in [1.29, 1.82) is 0 Å². The third-order valence-electron chi connectivity index (χ3n) is 8.21. The number of rotatable bonds is 8. The topological polar surface area (TPSA) is 60.8 Å². The minimum Gasteiger partial charge on any atom is -0.392 e. The third-order valence-corrected chi connectivity index (χ3v) is 8.21. The van der Waals surface area contributed by atoms with E-state index in [9.17, 15) is 15.0 Å². The van der Waals surface area contributed by atoms with Crippen LogP contribution in [0.4, 0.5) is 0 Å². The summed E-state index contributed by atoms with van der Waals surface area (Å²) in [6, 6.07) is 0. The van der Waals surface area contributed by atoms with Crippen LogP contribution in [-0.4, -0.2) is 46.3 Å². The molecule has 3 aliphatic carbocycles. The van der Waals surface area contributed by atoms with Gasteiger partial charge in [-0.3, -0.25) is 4.79 Å². The van der Waals surface area contributed by atoms with Crippen LogP contribution < -0.4 is 0 Å². The molecule has 1 heterocycles. The maximum atomic E-state index is 12.3. The van der Waals surface area contributed by atoms with Gasteiger partial charge in [-0.15, -0.1) is 0 Å². The van der Waals surface area contributed by atoms with Gasteiger partial charge in [0, 0.05) is 25.4 Å². The van der Waals surface area contributed by atoms with Crippen molar-refractivity contribution in [1.82, 2.24) is 4.90 Å². The molecule has 3 fully saturated rings. The van der Waals surface area contributed by atoms with Gasteiger partial charge >= 0.3 is 0 Å². The molecule has 0 unspecified atom stereocenters. The molecule has 1 aliphatic heterocycles. The van der Waals surface area contributed by atoms with Crippen molar-refractivity contribution in [2.45, 2.75) is 95.7 Å². The number of nitrogens with zero attached hydrogens (tertiary/aromatic N) is 1. The molecule has 168 valence electrons. The highest BCUT2D eigenvalue weighted by atomic mass is 16.3. The number of amides is 1. The second kappa shape index (κ2) is 10.5. The molecule has 4 rings (SSSR count). The zero-order valence-corrected chi connectivity index (χ0v) is 18.6. The number of aliphatic hydroxyl groups is 2. The summed E-state index contributed by atoms with van der Waals surface area (Å²) in [4.78, 5) is 14.4. The summed E-state index contributed by atoms with van der Waals surface area (Å²) in [6.45, 7) is 1.92. The van der Waals surface area contributed by atoms with Gasteiger partial charge in [-0.25, -0.2) is 0 Å². The van der Waals surface area contributed by atoms with E-state index < -0.39 is 0 Å². The second-order valence-corrected chi connectivity index (χ2v) is 10.3. The lowest BCUT2D eigenvalue weighted by Crippen LogP contribution is -2.35. The van der Waals surface area contributed by atoms with Crippen LogP contribution in [-0.2, 0) is 4.79 Å². The van der Waals surface area contributed by atoms with Crippen molar-refractivity contribution >= 4 is 5.91 Å². The van der Waals surface area contributed by atoms with E-state index >= 15 is 0 Å². The van der Waals surface area contributed by atoms with Crippen molar-refractivity contribution < 1.29 is 15.0 Å². The molecule has 5 atom stereocenters. The lowest BCUT2D eigenvalue weighted by molar-refractivity contribution is -0.132.